The average molecular weight is 806 g/mol. The molecule has 7 rings (SSSR count). The van der Waals surface area contributed by atoms with Crippen molar-refractivity contribution in [1.82, 2.24) is 15.0 Å². The third-order valence-corrected chi connectivity index (χ3v) is 9.78. The number of phenolic OH excluding ortho intramolecular Hbond substituents is 1. The van der Waals surface area contributed by atoms with Crippen LogP contribution in [0.2, 0.25) is 0 Å². The highest BCUT2D eigenvalue weighted by Crippen LogP contribution is 2.32. The van der Waals surface area contributed by atoms with Gasteiger partial charge < -0.3 is 28.5 Å². The molecule has 0 bridgehead atoms. The van der Waals surface area contributed by atoms with Crippen molar-refractivity contribution < 1.29 is 33.3 Å². The molecule has 306 valence electrons. The Bertz CT molecular complexity index is 2560. The van der Waals surface area contributed by atoms with Gasteiger partial charge in [-0.05, 0) is 109 Å². The van der Waals surface area contributed by atoms with Gasteiger partial charge in [-0.15, -0.1) is 5.10 Å². The number of aromatic nitrogens is 3. The van der Waals surface area contributed by atoms with Crippen molar-refractivity contribution in [2.24, 2.45) is 0 Å². The molecule has 11 nitrogen and oxygen atoms in total. The first-order valence-corrected chi connectivity index (χ1v) is 20.1. The van der Waals surface area contributed by atoms with Gasteiger partial charge in [-0.25, -0.2) is 4.68 Å². The molecule has 0 amide bonds. The second-order valence-corrected chi connectivity index (χ2v) is 14.1. The summed E-state index contributed by atoms with van der Waals surface area (Å²) in [7, 11) is 0. The van der Waals surface area contributed by atoms with Crippen molar-refractivity contribution in [2.45, 2.75) is 45.8 Å². The molecule has 0 aliphatic heterocycles. The first-order valence-electron chi connectivity index (χ1n) is 20.1. The zero-order valence-electron chi connectivity index (χ0n) is 33.5. The van der Waals surface area contributed by atoms with Crippen LogP contribution in [0.25, 0.3) is 28.4 Å². The molecule has 7 aromatic rings. The largest absolute Gasteiger partial charge is 0.507 e. The quantitative estimate of drug-likeness (QED) is 0.0425. The van der Waals surface area contributed by atoms with Gasteiger partial charge in [-0.3, -0.25) is 9.59 Å². The maximum atomic E-state index is 13.5. The summed E-state index contributed by atoms with van der Waals surface area (Å²) in [6.45, 7) is 4.62. The second kappa shape index (κ2) is 20.6. The predicted molar refractivity (Wildman–Crippen MR) is 231 cm³/mol. The molecule has 1 N–H and O–H groups in total. The van der Waals surface area contributed by atoms with E-state index in [1.165, 1.54) is 6.08 Å². The van der Waals surface area contributed by atoms with Gasteiger partial charge in [0.2, 0.25) is 11.2 Å². The molecule has 11 heteroatoms. The van der Waals surface area contributed by atoms with Gasteiger partial charge in [0, 0.05) is 11.8 Å². The molecule has 2 heterocycles. The van der Waals surface area contributed by atoms with Crippen LogP contribution in [0.5, 0.6) is 23.0 Å². The third-order valence-electron chi connectivity index (χ3n) is 9.78. The molecule has 0 saturated heterocycles. The summed E-state index contributed by atoms with van der Waals surface area (Å²) in [5.74, 6) is 1.70. The van der Waals surface area contributed by atoms with Crippen molar-refractivity contribution in [1.29, 1.82) is 0 Å². The Morgan fingerprint density at radius 3 is 2.33 bits per heavy atom. The number of allylic oxidation sites excluding steroid dienone is 1. The lowest BCUT2D eigenvalue weighted by Gasteiger charge is -2.12. The summed E-state index contributed by atoms with van der Waals surface area (Å²) in [4.78, 5) is 26.1. The first-order chi connectivity index (χ1) is 29.4. The van der Waals surface area contributed by atoms with Crippen LogP contribution < -0.4 is 19.6 Å². The van der Waals surface area contributed by atoms with Crippen LogP contribution in [0.1, 0.15) is 52.5 Å². The molecule has 0 atom stereocenters. The molecule has 0 aliphatic rings. The smallest absolute Gasteiger partial charge is 0.235 e. The van der Waals surface area contributed by atoms with Crippen LogP contribution in [0.4, 0.5) is 0 Å². The second-order valence-electron chi connectivity index (χ2n) is 14.1. The number of para-hydroxylation sites is 1. The summed E-state index contributed by atoms with van der Waals surface area (Å²) in [6, 6.07) is 36.9. The highest BCUT2D eigenvalue weighted by atomic mass is 16.5. The van der Waals surface area contributed by atoms with E-state index in [9.17, 15) is 14.7 Å². The summed E-state index contributed by atoms with van der Waals surface area (Å²) in [5.41, 5.74) is 5.00. The van der Waals surface area contributed by atoms with Gasteiger partial charge in [0.25, 0.3) is 0 Å². The molecule has 0 fully saturated rings. The van der Waals surface area contributed by atoms with E-state index in [1.807, 2.05) is 104 Å². The number of rotatable bonds is 21. The Kier molecular flexibility index (Phi) is 14.2. The van der Waals surface area contributed by atoms with Crippen molar-refractivity contribution in [2.75, 3.05) is 26.4 Å². The summed E-state index contributed by atoms with van der Waals surface area (Å²) < 4.78 is 31.7. The van der Waals surface area contributed by atoms with E-state index in [-0.39, 0.29) is 29.3 Å². The number of ketones is 1. The maximum Gasteiger partial charge on any atom is 0.235 e. The van der Waals surface area contributed by atoms with E-state index in [4.69, 9.17) is 23.4 Å². The van der Waals surface area contributed by atoms with E-state index < -0.39 is 0 Å². The molecule has 60 heavy (non-hydrogen) atoms. The lowest BCUT2D eigenvalue weighted by molar-refractivity contribution is 0.0923. The fourth-order valence-electron chi connectivity index (χ4n) is 6.45. The van der Waals surface area contributed by atoms with Crippen LogP contribution in [0.3, 0.4) is 0 Å². The number of hydrogen-bond donors (Lipinski definition) is 1. The number of carbonyl (C=O) groups excluding carboxylic acids is 1. The van der Waals surface area contributed by atoms with Crippen LogP contribution in [0.15, 0.2) is 143 Å². The number of unbranched alkanes of at least 4 members (excludes halogenated alkanes) is 1. The van der Waals surface area contributed by atoms with Gasteiger partial charge in [-0.2, -0.15) is 0 Å². The lowest BCUT2D eigenvalue weighted by atomic mass is 10.0. The Hall–Kier alpha value is -6.98. The molecule has 0 unspecified atom stereocenters. The minimum Gasteiger partial charge on any atom is -0.507 e. The van der Waals surface area contributed by atoms with Crippen molar-refractivity contribution in [3.63, 3.8) is 0 Å². The molecular weight excluding hydrogens is 759 g/mol. The van der Waals surface area contributed by atoms with Crippen LogP contribution in [0, 0.1) is 0 Å². The number of aromatic hydroxyl groups is 1. The zero-order valence-corrected chi connectivity index (χ0v) is 33.5. The van der Waals surface area contributed by atoms with Gasteiger partial charge in [-0.1, -0.05) is 78.9 Å². The summed E-state index contributed by atoms with van der Waals surface area (Å²) in [5, 5.41) is 19.1. The first kappa shape index (κ1) is 41.2. The van der Waals surface area contributed by atoms with Crippen LogP contribution >= 0.6 is 0 Å². The van der Waals surface area contributed by atoms with Crippen molar-refractivity contribution in [3.05, 3.63) is 172 Å². The lowest BCUT2D eigenvalue weighted by Crippen LogP contribution is -2.12. The minimum atomic E-state index is -0.239. The molecule has 5 aromatic carbocycles. The summed E-state index contributed by atoms with van der Waals surface area (Å²) in [6.07, 6.45) is 8.50. The highest BCUT2D eigenvalue weighted by molar-refractivity contribution is 6.08. The Morgan fingerprint density at radius 2 is 1.53 bits per heavy atom. The molecule has 2 aromatic heterocycles. The van der Waals surface area contributed by atoms with Gasteiger partial charge >= 0.3 is 0 Å². The van der Waals surface area contributed by atoms with E-state index in [0.29, 0.717) is 66.6 Å². The summed E-state index contributed by atoms with van der Waals surface area (Å²) >= 11 is 0. The molecule has 0 spiro atoms. The highest BCUT2D eigenvalue weighted by Gasteiger charge is 2.18. The number of fused-ring (bicyclic) bond motifs is 1. The fraction of sp³-hybridized carbons (Fsp3) is 0.224. The van der Waals surface area contributed by atoms with Crippen molar-refractivity contribution in [3.8, 4) is 34.3 Å². The number of benzene rings is 5. The third kappa shape index (κ3) is 11.1. The van der Waals surface area contributed by atoms with Gasteiger partial charge in [0.1, 0.15) is 36.0 Å². The van der Waals surface area contributed by atoms with Gasteiger partial charge in [0.15, 0.2) is 11.5 Å². The molecule has 0 saturated carbocycles. The van der Waals surface area contributed by atoms with Gasteiger partial charge in [0.05, 0.1) is 43.0 Å². The predicted octanol–water partition coefficient (Wildman–Crippen LogP) is 9.29. The fourth-order valence-corrected chi connectivity index (χ4v) is 6.45. The number of nitrogens with zero attached hydrogens (tertiary/aromatic N) is 3. The Balaban J connectivity index is 0.784. The molecule has 0 radical (unpaired) electrons. The SMILES string of the molecule is CCc1ccc(O)c(C(=O)/C=C/c2ccc(OCCCCc3cn(CCOCCOc4ccc(-c5oc6ccccc6c(=O)c5OCc5ccccc5)cc4)nn3)cc2)c1. The maximum absolute atomic E-state index is 13.5. The Labute approximate surface area is 348 Å². The van der Waals surface area contributed by atoms with E-state index in [2.05, 4.69) is 10.3 Å². The molecular formula is C49H47N3O8. The zero-order chi connectivity index (χ0) is 41.5. The average Bonchev–Trinajstić information content (AvgIpc) is 3.74. The van der Waals surface area contributed by atoms with Crippen LogP contribution in [-0.2, 0) is 30.7 Å². The van der Waals surface area contributed by atoms with Crippen molar-refractivity contribution >= 4 is 22.8 Å². The number of carbonyl (C=O) groups is 1. The standard InChI is InChI=1S/C49H47N3O8/c1-2-35-17-25-44(53)43(32-35)45(54)26-18-36-15-21-40(22-16-36)57-28-9-8-12-39-33-52(51-50-39)27-29-56-30-31-58-41-23-19-38(20-24-41)48-49(59-34-37-10-4-3-5-11-37)47(55)42-13-6-7-14-46(42)60-48/h3-7,10-11,13-26,32-33,53H,2,8-9,12,27-31,34H2,1H3/b26-18+. The van der Waals surface area contributed by atoms with E-state index in [1.54, 1.807) is 41.1 Å². The normalized spacial score (nSPS) is 11.3. The van der Waals surface area contributed by atoms with Crippen LogP contribution in [-0.4, -0.2) is 52.3 Å². The van der Waals surface area contributed by atoms with E-state index in [0.717, 1.165) is 53.8 Å². The Morgan fingerprint density at radius 1 is 0.783 bits per heavy atom. The molecule has 0 aliphatic carbocycles. The number of hydrogen-bond acceptors (Lipinski definition) is 10. The van der Waals surface area contributed by atoms with E-state index >= 15 is 0 Å². The number of ether oxygens (including phenoxy) is 4. The monoisotopic (exact) mass is 805 g/mol. The minimum absolute atomic E-state index is 0.0152. The topological polar surface area (TPSA) is 135 Å². The number of phenols is 1. The number of aryl methyl sites for hydroxylation is 2.